The van der Waals surface area contributed by atoms with Crippen LogP contribution in [-0.4, -0.2) is 47.9 Å². The van der Waals surface area contributed by atoms with Crippen molar-refractivity contribution in [2.24, 2.45) is 0 Å². The molecule has 2 aromatic rings. The van der Waals surface area contributed by atoms with Gasteiger partial charge in [0, 0.05) is 55.0 Å². The molecular formula is C30H41N3O3. The van der Waals surface area contributed by atoms with Crippen molar-refractivity contribution in [2.45, 2.75) is 71.6 Å². The Morgan fingerprint density at radius 3 is 2.69 bits per heavy atom. The molecule has 6 heteroatoms. The number of nitrogens with zero attached hydrogens (tertiary/aromatic N) is 2. The average Bonchev–Trinajstić information content (AvgIpc) is 2.88. The van der Waals surface area contributed by atoms with Crippen molar-refractivity contribution in [3.05, 3.63) is 83.2 Å². The Bertz CT molecular complexity index is 1060. The number of aliphatic hydroxyl groups is 1. The number of allylic oxidation sites excluding steroid dienone is 1. The minimum Gasteiger partial charge on any atom is -0.389 e. The van der Waals surface area contributed by atoms with Crippen LogP contribution in [0.4, 0.5) is 5.69 Å². The van der Waals surface area contributed by atoms with E-state index in [4.69, 9.17) is 4.74 Å². The Morgan fingerprint density at radius 1 is 1.28 bits per heavy atom. The highest BCUT2D eigenvalue weighted by atomic mass is 16.5. The van der Waals surface area contributed by atoms with E-state index in [1.807, 2.05) is 38.1 Å². The maximum Gasteiger partial charge on any atom is 0.251 e. The number of anilines is 1. The number of rotatable bonds is 12. The van der Waals surface area contributed by atoms with Crippen molar-refractivity contribution >= 4 is 11.6 Å². The standard InChI is InChI=1S/C30H41N3O3/c1-6-10-26-27(11-9-12-29(26)33(8-3)24-15-17-36-18-16-24)30(35)31-20-28-22(5)32-21(4)19-23(28)13-14-25(34)7-2/h6-7,9,11-12,19,24-25,34H,1-2,8,10,13-18,20H2,3-5H3,(H,31,35). The van der Waals surface area contributed by atoms with Gasteiger partial charge in [-0.3, -0.25) is 9.78 Å². The highest BCUT2D eigenvalue weighted by Gasteiger charge is 2.24. The van der Waals surface area contributed by atoms with Gasteiger partial charge in [-0.1, -0.05) is 18.2 Å². The van der Waals surface area contributed by atoms with Gasteiger partial charge in [0.25, 0.3) is 5.91 Å². The van der Waals surface area contributed by atoms with Crippen LogP contribution in [0.2, 0.25) is 0 Å². The van der Waals surface area contributed by atoms with Crippen LogP contribution in [0.3, 0.4) is 0 Å². The van der Waals surface area contributed by atoms with Gasteiger partial charge in [0.1, 0.15) is 0 Å². The molecule has 1 aromatic carbocycles. The number of aryl methyl sites for hydroxylation is 3. The molecule has 194 valence electrons. The lowest BCUT2D eigenvalue weighted by Gasteiger charge is -2.37. The third kappa shape index (κ3) is 6.83. The molecule has 1 aromatic heterocycles. The van der Waals surface area contributed by atoms with Gasteiger partial charge in [0.2, 0.25) is 0 Å². The minimum absolute atomic E-state index is 0.103. The van der Waals surface area contributed by atoms with Crippen molar-refractivity contribution in [3.8, 4) is 0 Å². The number of carbonyl (C=O) groups excluding carboxylic acids is 1. The molecule has 0 aliphatic carbocycles. The molecule has 0 saturated carbocycles. The Balaban J connectivity index is 1.85. The molecule has 2 N–H and O–H groups in total. The van der Waals surface area contributed by atoms with E-state index in [0.29, 0.717) is 37.4 Å². The van der Waals surface area contributed by atoms with Gasteiger partial charge in [-0.25, -0.2) is 0 Å². The second-order valence-electron chi connectivity index (χ2n) is 9.44. The highest BCUT2D eigenvalue weighted by Crippen LogP contribution is 2.30. The first kappa shape index (κ1) is 27.6. The summed E-state index contributed by atoms with van der Waals surface area (Å²) in [7, 11) is 0. The highest BCUT2D eigenvalue weighted by molar-refractivity contribution is 5.97. The van der Waals surface area contributed by atoms with Gasteiger partial charge in [-0.2, -0.15) is 0 Å². The molecule has 0 radical (unpaired) electrons. The molecule has 0 spiro atoms. The molecular weight excluding hydrogens is 450 g/mol. The number of benzene rings is 1. The number of pyridine rings is 1. The van der Waals surface area contributed by atoms with E-state index in [2.05, 4.69) is 41.3 Å². The molecule has 1 aliphatic heterocycles. The summed E-state index contributed by atoms with van der Waals surface area (Å²) in [5, 5.41) is 13.1. The predicted octanol–water partition coefficient (Wildman–Crippen LogP) is 4.84. The average molecular weight is 492 g/mol. The maximum atomic E-state index is 13.5. The number of carbonyl (C=O) groups is 1. The van der Waals surface area contributed by atoms with Crippen LogP contribution in [0.1, 0.15) is 64.6 Å². The summed E-state index contributed by atoms with van der Waals surface area (Å²) in [5.74, 6) is -0.103. The maximum absolute atomic E-state index is 13.5. The summed E-state index contributed by atoms with van der Waals surface area (Å²) in [4.78, 5) is 20.5. The Kier molecular flexibility index (Phi) is 10.3. The van der Waals surface area contributed by atoms with Crippen LogP contribution in [0.5, 0.6) is 0 Å². The van der Waals surface area contributed by atoms with E-state index in [9.17, 15) is 9.90 Å². The molecule has 1 atom stereocenters. The van der Waals surface area contributed by atoms with Crippen molar-refractivity contribution in [1.29, 1.82) is 0 Å². The Morgan fingerprint density at radius 2 is 2.03 bits per heavy atom. The molecule has 3 rings (SSSR count). The smallest absolute Gasteiger partial charge is 0.251 e. The Labute approximate surface area is 216 Å². The second-order valence-corrected chi connectivity index (χ2v) is 9.44. The van der Waals surface area contributed by atoms with Crippen LogP contribution >= 0.6 is 0 Å². The second kappa shape index (κ2) is 13.4. The molecule has 2 heterocycles. The fourth-order valence-electron chi connectivity index (χ4n) is 5.12. The summed E-state index contributed by atoms with van der Waals surface area (Å²) >= 11 is 0. The number of hydrogen-bond acceptors (Lipinski definition) is 5. The molecule has 1 unspecified atom stereocenters. The third-order valence-electron chi connectivity index (χ3n) is 6.98. The number of amides is 1. The monoisotopic (exact) mass is 491 g/mol. The number of aromatic nitrogens is 1. The summed E-state index contributed by atoms with van der Waals surface area (Å²) < 4.78 is 5.58. The normalized spacial score (nSPS) is 14.8. The zero-order chi connectivity index (χ0) is 26.1. The first-order valence-corrected chi connectivity index (χ1v) is 13.0. The molecule has 1 aliphatic rings. The van der Waals surface area contributed by atoms with Crippen LogP contribution in [0, 0.1) is 13.8 Å². The third-order valence-corrected chi connectivity index (χ3v) is 6.98. The summed E-state index contributed by atoms with van der Waals surface area (Å²) in [6.45, 7) is 16.5. The summed E-state index contributed by atoms with van der Waals surface area (Å²) in [6.07, 6.45) is 6.73. The Hall–Kier alpha value is -2.96. The van der Waals surface area contributed by atoms with Crippen molar-refractivity contribution in [3.63, 3.8) is 0 Å². The summed E-state index contributed by atoms with van der Waals surface area (Å²) in [5.41, 5.74) is 6.71. The van der Waals surface area contributed by atoms with E-state index in [-0.39, 0.29) is 5.91 Å². The lowest BCUT2D eigenvalue weighted by atomic mass is 9.97. The lowest BCUT2D eigenvalue weighted by Crippen LogP contribution is -2.40. The van der Waals surface area contributed by atoms with Crippen molar-refractivity contribution < 1.29 is 14.6 Å². The van der Waals surface area contributed by atoms with Crippen molar-refractivity contribution in [2.75, 3.05) is 24.7 Å². The number of hydrogen-bond donors (Lipinski definition) is 2. The van der Waals surface area contributed by atoms with E-state index in [1.165, 1.54) is 0 Å². The van der Waals surface area contributed by atoms with Crippen LogP contribution in [0.15, 0.2) is 49.6 Å². The van der Waals surface area contributed by atoms with Crippen LogP contribution < -0.4 is 10.2 Å². The first-order valence-electron chi connectivity index (χ1n) is 13.0. The van der Waals surface area contributed by atoms with Crippen LogP contribution in [0.25, 0.3) is 0 Å². The molecule has 6 nitrogen and oxygen atoms in total. The number of ether oxygens (including phenoxy) is 1. The molecule has 1 amide bonds. The molecule has 1 fully saturated rings. The molecule has 0 bridgehead atoms. The zero-order valence-electron chi connectivity index (χ0n) is 22.1. The van der Waals surface area contributed by atoms with Gasteiger partial charge in [0.15, 0.2) is 0 Å². The molecule has 1 saturated heterocycles. The van der Waals surface area contributed by atoms with Gasteiger partial charge in [-0.05, 0) is 87.8 Å². The predicted molar refractivity (Wildman–Crippen MR) is 147 cm³/mol. The van der Waals surface area contributed by atoms with E-state index in [0.717, 1.165) is 66.4 Å². The number of nitrogens with one attached hydrogen (secondary N) is 1. The fourth-order valence-corrected chi connectivity index (χ4v) is 5.12. The topological polar surface area (TPSA) is 74.7 Å². The van der Waals surface area contributed by atoms with Gasteiger partial charge < -0.3 is 20.1 Å². The number of aliphatic hydroxyl groups excluding tert-OH is 1. The largest absolute Gasteiger partial charge is 0.389 e. The van der Waals surface area contributed by atoms with E-state index in [1.54, 1.807) is 6.08 Å². The van der Waals surface area contributed by atoms with E-state index >= 15 is 0 Å². The van der Waals surface area contributed by atoms with Crippen molar-refractivity contribution in [1.82, 2.24) is 10.3 Å². The fraction of sp³-hybridized carbons (Fsp3) is 0.467. The summed E-state index contributed by atoms with van der Waals surface area (Å²) in [6, 6.07) is 8.43. The van der Waals surface area contributed by atoms with Gasteiger partial charge in [-0.15, -0.1) is 13.2 Å². The van der Waals surface area contributed by atoms with Gasteiger partial charge in [0.05, 0.1) is 6.10 Å². The zero-order valence-corrected chi connectivity index (χ0v) is 22.1. The molecule has 36 heavy (non-hydrogen) atoms. The van der Waals surface area contributed by atoms with Crippen LogP contribution in [-0.2, 0) is 24.1 Å². The van der Waals surface area contributed by atoms with Gasteiger partial charge >= 0.3 is 0 Å². The first-order chi connectivity index (χ1) is 17.4. The quantitative estimate of drug-likeness (QED) is 0.416. The van der Waals surface area contributed by atoms with E-state index < -0.39 is 6.10 Å². The lowest BCUT2D eigenvalue weighted by molar-refractivity contribution is 0.0845. The minimum atomic E-state index is -0.553. The SMILES string of the molecule is C=CCc1c(C(=O)NCc2c(CCC(O)C=C)cc(C)nc2C)cccc1N(CC)C1CCOCC1.